The zero-order valence-electron chi connectivity index (χ0n) is 35.6. The number of rotatable bonds is 13. The molecule has 23 nitrogen and oxygen atoms in total. The summed E-state index contributed by atoms with van der Waals surface area (Å²) < 4.78 is 127. The molecule has 0 heterocycles. The van der Waals surface area contributed by atoms with Crippen molar-refractivity contribution in [3.8, 4) is 11.5 Å². The normalized spacial score (nSPS) is 12.9. The SMILES string of the molecule is Nc1ccc(N=Nc2cccc(S(=O)(=O)O)c2)c2ccc(N=Nc3ccc(S(=O)(=O)c4ccc(N=Nc5c(S(=O)(=O)O)cc6c(N=Nc7cccc(S(=O)(=O)O)c7)ccc(N)c6c5O)cc4)cc3)c(O)c12. The van der Waals surface area contributed by atoms with Gasteiger partial charge in [-0.05, 0) is 127 Å². The first-order valence-electron chi connectivity index (χ1n) is 19.9. The van der Waals surface area contributed by atoms with Gasteiger partial charge in [0.25, 0.3) is 30.4 Å². The lowest BCUT2D eigenvalue weighted by Gasteiger charge is -2.12. The molecule has 0 radical (unpaired) electrons. The van der Waals surface area contributed by atoms with Crippen molar-refractivity contribution in [2.75, 3.05) is 11.5 Å². The third kappa shape index (κ3) is 10.4. The van der Waals surface area contributed by atoms with E-state index in [0.717, 1.165) is 24.3 Å². The van der Waals surface area contributed by atoms with E-state index in [1.165, 1.54) is 109 Å². The van der Waals surface area contributed by atoms with E-state index >= 15 is 0 Å². The molecule has 0 aliphatic rings. The van der Waals surface area contributed by atoms with E-state index in [1.54, 1.807) is 6.07 Å². The monoisotopic (exact) mass is 1040 g/mol. The van der Waals surface area contributed by atoms with Crippen LogP contribution in [0.1, 0.15) is 0 Å². The molecule has 0 aromatic heterocycles. The first kappa shape index (κ1) is 49.0. The molecule has 9 N–H and O–H groups in total. The lowest BCUT2D eigenvalue weighted by molar-refractivity contribution is 0.472. The number of sulfone groups is 1. The van der Waals surface area contributed by atoms with Gasteiger partial charge in [-0.2, -0.15) is 45.7 Å². The quantitative estimate of drug-likeness (QED) is 0.0320. The number of nitrogen functional groups attached to an aromatic ring is 2. The first-order chi connectivity index (χ1) is 33.5. The summed E-state index contributed by atoms with van der Waals surface area (Å²) in [5.74, 6) is -1.18. The zero-order valence-corrected chi connectivity index (χ0v) is 38.9. The number of phenolic OH excluding ortho intramolecular Hbond substituents is 2. The van der Waals surface area contributed by atoms with Crippen LogP contribution in [0.5, 0.6) is 11.5 Å². The number of hydrogen-bond acceptors (Lipinski definition) is 20. The van der Waals surface area contributed by atoms with E-state index in [-0.39, 0.29) is 87.8 Å². The zero-order chi connectivity index (χ0) is 51.0. The molecule has 0 aliphatic carbocycles. The minimum Gasteiger partial charge on any atom is -0.505 e. The molecule has 0 saturated carbocycles. The number of nitrogens with two attached hydrogens (primary N) is 2. The van der Waals surface area contributed by atoms with E-state index in [2.05, 4.69) is 40.9 Å². The third-order valence-corrected chi connectivity index (χ3v) is 14.6. The van der Waals surface area contributed by atoms with Crippen molar-refractivity contribution < 1.29 is 57.5 Å². The molecule has 0 bridgehead atoms. The van der Waals surface area contributed by atoms with Crippen molar-refractivity contribution in [3.63, 3.8) is 0 Å². The van der Waals surface area contributed by atoms with Gasteiger partial charge in [0.1, 0.15) is 16.3 Å². The molecule has 0 spiro atoms. The van der Waals surface area contributed by atoms with Gasteiger partial charge in [0.15, 0.2) is 11.5 Å². The van der Waals surface area contributed by atoms with Crippen LogP contribution in [0.2, 0.25) is 0 Å². The van der Waals surface area contributed by atoms with Crippen molar-refractivity contribution in [1.29, 1.82) is 0 Å². The Morgan fingerprint density at radius 2 is 0.789 bits per heavy atom. The molecule has 0 atom stereocenters. The minimum absolute atomic E-state index is 0.00106. The molecule has 71 heavy (non-hydrogen) atoms. The number of fused-ring (bicyclic) bond motifs is 2. The molecular formula is C44H32N10O13S4. The van der Waals surface area contributed by atoms with Crippen LogP contribution in [-0.2, 0) is 40.2 Å². The Hall–Kier alpha value is -8.44. The average molecular weight is 1040 g/mol. The number of aromatic hydroxyl groups is 2. The number of phenols is 2. The van der Waals surface area contributed by atoms with Gasteiger partial charge in [-0.1, -0.05) is 12.1 Å². The molecule has 0 fully saturated rings. The summed E-state index contributed by atoms with van der Waals surface area (Å²) in [5, 5.41) is 54.9. The summed E-state index contributed by atoms with van der Waals surface area (Å²) in [7, 11) is -18.3. The highest BCUT2D eigenvalue weighted by molar-refractivity contribution is 7.91. The van der Waals surface area contributed by atoms with Gasteiger partial charge in [0.2, 0.25) is 9.84 Å². The minimum atomic E-state index is -5.13. The van der Waals surface area contributed by atoms with Crippen molar-refractivity contribution >= 4 is 119 Å². The van der Waals surface area contributed by atoms with Gasteiger partial charge in [0.05, 0.1) is 64.5 Å². The van der Waals surface area contributed by atoms with E-state index < -0.39 is 61.4 Å². The molecular weight excluding hydrogens is 1000 g/mol. The Bertz CT molecular complexity index is 4080. The second kappa shape index (κ2) is 18.8. The summed E-state index contributed by atoms with van der Waals surface area (Å²) in [6.07, 6.45) is 0. The fourth-order valence-electron chi connectivity index (χ4n) is 6.82. The Morgan fingerprint density at radius 1 is 0.366 bits per heavy atom. The van der Waals surface area contributed by atoms with Crippen LogP contribution in [0.4, 0.5) is 56.9 Å². The highest BCUT2D eigenvalue weighted by Crippen LogP contribution is 2.47. The van der Waals surface area contributed by atoms with Crippen molar-refractivity contribution in [2.45, 2.75) is 24.5 Å². The van der Waals surface area contributed by atoms with Crippen LogP contribution in [0.15, 0.2) is 205 Å². The highest BCUT2D eigenvalue weighted by Gasteiger charge is 2.25. The lowest BCUT2D eigenvalue weighted by Crippen LogP contribution is -2.01. The molecule has 27 heteroatoms. The van der Waals surface area contributed by atoms with E-state index in [9.17, 15) is 57.5 Å². The maximum Gasteiger partial charge on any atom is 0.296 e. The second-order valence-corrected chi connectivity index (χ2v) is 21.1. The number of nitrogens with zero attached hydrogens (tertiary/aromatic N) is 8. The van der Waals surface area contributed by atoms with Crippen molar-refractivity contribution in [3.05, 3.63) is 140 Å². The first-order valence-corrected chi connectivity index (χ1v) is 25.7. The molecule has 0 amide bonds. The van der Waals surface area contributed by atoms with Crippen LogP contribution in [0, 0.1) is 0 Å². The molecule has 0 aliphatic heterocycles. The van der Waals surface area contributed by atoms with Crippen LogP contribution >= 0.6 is 0 Å². The predicted octanol–water partition coefficient (Wildman–Crippen LogP) is 10.8. The van der Waals surface area contributed by atoms with Gasteiger partial charge in [-0.3, -0.25) is 13.7 Å². The molecule has 360 valence electrons. The Balaban J connectivity index is 1.00. The summed E-state index contributed by atoms with van der Waals surface area (Å²) in [6, 6.07) is 29.7. The number of benzene rings is 8. The molecule has 8 aromatic rings. The van der Waals surface area contributed by atoms with Crippen LogP contribution in [0.3, 0.4) is 0 Å². The maximum absolute atomic E-state index is 13.6. The van der Waals surface area contributed by atoms with Crippen molar-refractivity contribution in [1.82, 2.24) is 0 Å². The topological polar surface area (TPSA) is 389 Å². The fourth-order valence-corrected chi connectivity index (χ4v) is 9.77. The Labute approximate surface area is 402 Å². The number of azo groups is 4. The highest BCUT2D eigenvalue weighted by atomic mass is 32.2. The van der Waals surface area contributed by atoms with Crippen LogP contribution < -0.4 is 11.5 Å². The van der Waals surface area contributed by atoms with E-state index in [0.29, 0.717) is 5.39 Å². The summed E-state index contributed by atoms with van der Waals surface area (Å²) >= 11 is 0. The summed E-state index contributed by atoms with van der Waals surface area (Å²) in [6.45, 7) is 0. The van der Waals surface area contributed by atoms with Gasteiger partial charge in [-0.25, -0.2) is 8.42 Å². The Morgan fingerprint density at radius 3 is 1.27 bits per heavy atom. The second-order valence-electron chi connectivity index (χ2n) is 14.9. The molecule has 8 rings (SSSR count). The average Bonchev–Trinajstić information content (AvgIpc) is 3.32. The Kier molecular flexibility index (Phi) is 13.0. The summed E-state index contributed by atoms with van der Waals surface area (Å²) in [4.78, 5) is -2.07. The number of hydrogen-bond donors (Lipinski definition) is 7. The van der Waals surface area contributed by atoms with E-state index in [1.807, 2.05) is 0 Å². The number of anilines is 2. The van der Waals surface area contributed by atoms with Crippen LogP contribution in [0.25, 0.3) is 21.5 Å². The standard InChI is InChI=1S/C44H32N10O13S4/c45-34-16-19-36(51-49-26-3-1-5-30(21-26)69(59,60)61)32-15-18-38(43(55)40(32)34)53-47-24-7-11-28(12-8-24)68(57,58)29-13-9-25(10-14-29)48-54-42-39(71(65,66)67)23-33-37(20-17-35(46)41(33)44(42)56)52-50-27-4-2-6-31(22-27)70(62,63)64/h1-23,55-56H,45-46H2,(H,59,60,61)(H,62,63,64)(H,65,66,67). The molecule has 0 unspecified atom stereocenters. The molecule has 0 saturated heterocycles. The van der Waals surface area contributed by atoms with Crippen LogP contribution in [-0.4, -0.2) is 57.5 Å². The van der Waals surface area contributed by atoms with E-state index in [4.69, 9.17) is 11.5 Å². The largest absolute Gasteiger partial charge is 0.505 e. The smallest absolute Gasteiger partial charge is 0.296 e. The van der Waals surface area contributed by atoms with Gasteiger partial charge < -0.3 is 21.7 Å². The van der Waals surface area contributed by atoms with Gasteiger partial charge in [0, 0.05) is 22.1 Å². The molecule has 8 aromatic carbocycles. The van der Waals surface area contributed by atoms with Crippen molar-refractivity contribution in [2.24, 2.45) is 40.9 Å². The third-order valence-electron chi connectivity index (χ3n) is 10.3. The lowest BCUT2D eigenvalue weighted by atomic mass is 10.0. The summed E-state index contributed by atoms with van der Waals surface area (Å²) in [5.41, 5.74) is 12.2. The fraction of sp³-hybridized carbons (Fsp3) is 0. The van der Waals surface area contributed by atoms with Gasteiger partial charge >= 0.3 is 0 Å². The van der Waals surface area contributed by atoms with Gasteiger partial charge in [-0.15, -0.1) is 20.5 Å². The maximum atomic E-state index is 13.6. The predicted molar refractivity (Wildman–Crippen MR) is 257 cm³/mol.